The molecule has 0 amide bonds. The minimum Gasteiger partial charge on any atom is -0.465 e. The van der Waals surface area contributed by atoms with E-state index in [1.165, 1.54) is 7.11 Å². The summed E-state index contributed by atoms with van der Waals surface area (Å²) in [6.07, 6.45) is 8.01. The second-order valence-electron chi connectivity index (χ2n) is 4.90. The molecule has 0 aliphatic carbocycles. The molecule has 0 N–H and O–H groups in total. The van der Waals surface area contributed by atoms with Gasteiger partial charge in [0.15, 0.2) is 0 Å². The number of benzene rings is 1. The first kappa shape index (κ1) is 15.9. The van der Waals surface area contributed by atoms with Gasteiger partial charge < -0.3 is 9.64 Å². The van der Waals surface area contributed by atoms with Crippen LogP contribution in [0.3, 0.4) is 0 Å². The number of rotatable bonds is 4. The van der Waals surface area contributed by atoms with Crippen LogP contribution < -0.4 is 5.46 Å². The van der Waals surface area contributed by atoms with Crippen molar-refractivity contribution in [2.45, 2.75) is 13.3 Å². The Bertz CT molecular complexity index is 686. The molecule has 0 bridgehead atoms. The molecule has 1 aliphatic rings. The first-order valence-electron chi connectivity index (χ1n) is 7.07. The Morgan fingerprint density at radius 2 is 2.14 bits per heavy atom. The fourth-order valence-electron chi connectivity index (χ4n) is 2.24. The van der Waals surface area contributed by atoms with Crippen molar-refractivity contribution >= 4 is 24.9 Å². The van der Waals surface area contributed by atoms with Crippen molar-refractivity contribution in [1.29, 1.82) is 0 Å². The van der Waals surface area contributed by atoms with E-state index in [0.29, 0.717) is 11.3 Å². The molecule has 1 heterocycles. The summed E-state index contributed by atoms with van der Waals surface area (Å²) < 4.78 is 4.71. The number of allylic oxidation sites excluding steroid dienone is 2. The highest BCUT2D eigenvalue weighted by Gasteiger charge is 2.14. The zero-order valence-corrected chi connectivity index (χ0v) is 12.9. The summed E-state index contributed by atoms with van der Waals surface area (Å²) in [4.78, 5) is 13.4. The third-order valence-electron chi connectivity index (χ3n) is 3.47. The van der Waals surface area contributed by atoms with Gasteiger partial charge in [0.1, 0.15) is 7.85 Å². The maximum Gasteiger partial charge on any atom is 0.337 e. The van der Waals surface area contributed by atoms with Gasteiger partial charge in [-0.15, -0.1) is 0 Å². The molecule has 1 aliphatic heterocycles. The second kappa shape index (κ2) is 6.99. The van der Waals surface area contributed by atoms with Crippen LogP contribution in [0.4, 0.5) is 0 Å². The van der Waals surface area contributed by atoms with Gasteiger partial charge in [-0.3, -0.25) is 0 Å². The number of carbonyl (C=O) groups excluding carboxylic acids is 1. The van der Waals surface area contributed by atoms with Crippen molar-refractivity contribution in [3.05, 3.63) is 72.2 Å². The predicted molar refractivity (Wildman–Crippen MR) is 90.3 cm³/mol. The predicted octanol–water partition coefficient (Wildman–Crippen LogP) is 2.67. The molecule has 2 rings (SSSR count). The van der Waals surface area contributed by atoms with Crippen LogP contribution in [-0.2, 0) is 9.53 Å². The summed E-state index contributed by atoms with van der Waals surface area (Å²) in [5.74, 6) is -0.371. The lowest BCUT2D eigenvalue weighted by Crippen LogP contribution is -2.16. The Balaban J connectivity index is 2.28. The summed E-state index contributed by atoms with van der Waals surface area (Å²) in [7, 11) is 7.40. The Morgan fingerprint density at radius 1 is 1.41 bits per heavy atom. The molecule has 22 heavy (non-hydrogen) atoms. The number of esters is 1. The minimum atomic E-state index is -0.371. The summed E-state index contributed by atoms with van der Waals surface area (Å²) in [5.41, 5.74) is 4.03. The van der Waals surface area contributed by atoms with Crippen LogP contribution in [0.2, 0.25) is 0 Å². The molecule has 0 spiro atoms. The fourth-order valence-corrected chi connectivity index (χ4v) is 2.24. The van der Waals surface area contributed by atoms with Crippen LogP contribution in [0.1, 0.15) is 18.9 Å². The molecular formula is C18H18BNO2. The molecule has 0 unspecified atom stereocenters. The molecule has 0 fully saturated rings. The second-order valence-corrected chi connectivity index (χ2v) is 4.90. The third kappa shape index (κ3) is 3.39. The van der Waals surface area contributed by atoms with E-state index >= 15 is 0 Å². The lowest BCUT2D eigenvalue weighted by Gasteiger charge is -2.22. The molecule has 1 aromatic carbocycles. The molecule has 4 heteroatoms. The average Bonchev–Trinajstić information content (AvgIpc) is 2.54. The molecule has 3 nitrogen and oxygen atoms in total. The molecule has 2 radical (unpaired) electrons. The zero-order chi connectivity index (χ0) is 16.1. The summed E-state index contributed by atoms with van der Waals surface area (Å²) >= 11 is 0. The average molecular weight is 291 g/mol. The summed E-state index contributed by atoms with van der Waals surface area (Å²) in [5, 5.41) is 0. The van der Waals surface area contributed by atoms with Gasteiger partial charge in [0.2, 0.25) is 0 Å². The largest absolute Gasteiger partial charge is 0.465 e. The fraction of sp³-hybridized carbons (Fsp3) is 0.167. The van der Waals surface area contributed by atoms with E-state index in [1.807, 2.05) is 35.4 Å². The number of hydrogen-bond acceptors (Lipinski definition) is 3. The Hall–Kier alpha value is -2.49. The Labute approximate surface area is 132 Å². The van der Waals surface area contributed by atoms with Crippen LogP contribution in [-0.4, -0.2) is 25.8 Å². The molecule has 1 aromatic rings. The van der Waals surface area contributed by atoms with Crippen molar-refractivity contribution in [2.75, 3.05) is 7.11 Å². The SMILES string of the molecule is [B]c1ccccc1/C(=C/N1C=CC(C(=O)OC)=CC1=C)CC. The number of methoxy groups -OCH3 is 1. The van der Waals surface area contributed by atoms with Gasteiger partial charge in [-0.25, -0.2) is 4.79 Å². The number of nitrogens with zero attached hydrogens (tertiary/aromatic N) is 1. The normalized spacial score (nSPS) is 14.8. The quantitative estimate of drug-likeness (QED) is 0.631. The minimum absolute atomic E-state index is 0.371. The van der Waals surface area contributed by atoms with E-state index < -0.39 is 0 Å². The van der Waals surface area contributed by atoms with Gasteiger partial charge in [0, 0.05) is 18.1 Å². The van der Waals surface area contributed by atoms with Crippen molar-refractivity contribution in [3.8, 4) is 0 Å². The number of hydrogen-bond donors (Lipinski definition) is 0. The summed E-state index contributed by atoms with van der Waals surface area (Å²) in [6.45, 7) is 6.05. The van der Waals surface area contributed by atoms with Crippen LogP contribution in [0.25, 0.3) is 5.57 Å². The van der Waals surface area contributed by atoms with E-state index in [4.69, 9.17) is 12.6 Å². The van der Waals surface area contributed by atoms with Crippen LogP contribution in [0.5, 0.6) is 0 Å². The smallest absolute Gasteiger partial charge is 0.337 e. The highest BCUT2D eigenvalue weighted by molar-refractivity contribution is 6.34. The van der Waals surface area contributed by atoms with Crippen LogP contribution in [0.15, 0.2) is 66.7 Å². The van der Waals surface area contributed by atoms with Crippen molar-refractivity contribution in [1.82, 2.24) is 4.90 Å². The maximum absolute atomic E-state index is 11.5. The molecule has 0 saturated carbocycles. The van der Waals surface area contributed by atoms with Crippen LogP contribution in [0, 0.1) is 0 Å². The van der Waals surface area contributed by atoms with E-state index in [0.717, 1.165) is 23.0 Å². The highest BCUT2D eigenvalue weighted by Crippen LogP contribution is 2.22. The Morgan fingerprint density at radius 3 is 2.73 bits per heavy atom. The first-order chi connectivity index (χ1) is 10.6. The van der Waals surface area contributed by atoms with E-state index in [1.54, 1.807) is 18.4 Å². The lowest BCUT2D eigenvalue weighted by atomic mass is 9.86. The topological polar surface area (TPSA) is 29.5 Å². The van der Waals surface area contributed by atoms with Crippen LogP contribution >= 0.6 is 0 Å². The standard InChI is InChI=1S/C18H18BNO2/c1-4-14(16-7-5-6-8-17(16)19)12-20-10-9-15(11-13(20)2)18(21)22-3/h5-12H,2,4H2,1,3H3/b14-12+. The summed E-state index contributed by atoms with van der Waals surface area (Å²) in [6, 6.07) is 7.76. The van der Waals surface area contributed by atoms with Gasteiger partial charge >= 0.3 is 5.97 Å². The monoisotopic (exact) mass is 291 g/mol. The Kier molecular flexibility index (Phi) is 5.05. The molecule has 0 atom stereocenters. The van der Waals surface area contributed by atoms with E-state index in [-0.39, 0.29) is 5.97 Å². The molecule has 0 aromatic heterocycles. The number of carbonyl (C=O) groups is 1. The van der Waals surface area contributed by atoms with Crippen molar-refractivity contribution in [2.24, 2.45) is 0 Å². The lowest BCUT2D eigenvalue weighted by molar-refractivity contribution is -0.135. The van der Waals surface area contributed by atoms with Crippen molar-refractivity contribution in [3.63, 3.8) is 0 Å². The molecular weight excluding hydrogens is 273 g/mol. The van der Waals surface area contributed by atoms with Gasteiger partial charge in [-0.2, -0.15) is 0 Å². The van der Waals surface area contributed by atoms with Gasteiger partial charge in [0.25, 0.3) is 0 Å². The first-order valence-corrected chi connectivity index (χ1v) is 7.07. The van der Waals surface area contributed by atoms with E-state index in [2.05, 4.69) is 13.5 Å². The highest BCUT2D eigenvalue weighted by atomic mass is 16.5. The van der Waals surface area contributed by atoms with E-state index in [9.17, 15) is 4.79 Å². The molecule has 0 saturated heterocycles. The molecule has 110 valence electrons. The van der Waals surface area contributed by atoms with Gasteiger partial charge in [-0.1, -0.05) is 43.2 Å². The van der Waals surface area contributed by atoms with Gasteiger partial charge in [-0.05, 0) is 29.7 Å². The van der Waals surface area contributed by atoms with Crippen molar-refractivity contribution < 1.29 is 9.53 Å². The van der Waals surface area contributed by atoms with Gasteiger partial charge in [0.05, 0.1) is 12.7 Å². The maximum atomic E-state index is 11.5. The third-order valence-corrected chi connectivity index (χ3v) is 3.47. The number of ether oxygens (including phenoxy) is 1. The zero-order valence-electron chi connectivity index (χ0n) is 12.9.